The Morgan fingerprint density at radius 1 is 1.30 bits per heavy atom. The fraction of sp³-hybridized carbons (Fsp3) is 0.562. The van der Waals surface area contributed by atoms with Crippen LogP contribution in [0.5, 0.6) is 0 Å². The Labute approximate surface area is 121 Å². The molecule has 1 aliphatic heterocycles. The predicted molar refractivity (Wildman–Crippen MR) is 80.9 cm³/mol. The molecule has 0 radical (unpaired) electrons. The van der Waals surface area contributed by atoms with Crippen LogP contribution >= 0.6 is 0 Å². The number of amides is 1. The van der Waals surface area contributed by atoms with E-state index >= 15 is 0 Å². The number of anilines is 1. The number of hydrogen-bond donors (Lipinski definition) is 1. The van der Waals surface area contributed by atoms with Gasteiger partial charge in [-0.05, 0) is 38.0 Å². The van der Waals surface area contributed by atoms with Gasteiger partial charge in [-0.25, -0.2) is 0 Å². The SMILES string of the molecule is Cc1cccc(N2CCN(C(=O)CCC(C)O)CC2)c1. The van der Waals surface area contributed by atoms with Crippen LogP contribution in [0.3, 0.4) is 0 Å². The van der Waals surface area contributed by atoms with Crippen LogP contribution in [0.1, 0.15) is 25.3 Å². The standard InChI is InChI=1S/C16H24N2O2/c1-13-4-3-5-15(12-13)17-8-10-18(11-9-17)16(20)7-6-14(2)19/h3-5,12,14,19H,6-11H2,1-2H3. The molecule has 1 atom stereocenters. The van der Waals surface area contributed by atoms with Gasteiger partial charge in [0.15, 0.2) is 0 Å². The first-order chi connectivity index (χ1) is 9.56. The third-order valence-corrected chi connectivity index (χ3v) is 3.78. The summed E-state index contributed by atoms with van der Waals surface area (Å²) in [4.78, 5) is 16.2. The molecule has 0 aliphatic carbocycles. The molecule has 1 aliphatic rings. The van der Waals surface area contributed by atoms with Gasteiger partial charge in [0.2, 0.25) is 5.91 Å². The minimum absolute atomic E-state index is 0.162. The zero-order valence-electron chi connectivity index (χ0n) is 12.4. The molecule has 1 fully saturated rings. The van der Waals surface area contributed by atoms with E-state index in [1.165, 1.54) is 11.3 Å². The van der Waals surface area contributed by atoms with Crippen LogP contribution in [0.2, 0.25) is 0 Å². The highest BCUT2D eigenvalue weighted by Crippen LogP contribution is 2.18. The predicted octanol–water partition coefficient (Wildman–Crippen LogP) is 1.80. The molecule has 0 spiro atoms. The first kappa shape index (κ1) is 14.9. The lowest BCUT2D eigenvalue weighted by atomic mass is 10.1. The van der Waals surface area contributed by atoms with Crippen LogP contribution in [-0.2, 0) is 4.79 Å². The Morgan fingerprint density at radius 3 is 2.60 bits per heavy atom. The lowest BCUT2D eigenvalue weighted by Crippen LogP contribution is -2.48. The highest BCUT2D eigenvalue weighted by atomic mass is 16.3. The lowest BCUT2D eigenvalue weighted by Gasteiger charge is -2.36. The molecular formula is C16H24N2O2. The topological polar surface area (TPSA) is 43.8 Å². The third kappa shape index (κ3) is 3.97. The number of piperazine rings is 1. The summed E-state index contributed by atoms with van der Waals surface area (Å²) in [6.45, 7) is 7.12. The van der Waals surface area contributed by atoms with E-state index < -0.39 is 6.10 Å². The average Bonchev–Trinajstić information content (AvgIpc) is 2.45. The fourth-order valence-electron chi connectivity index (χ4n) is 2.53. The number of carbonyl (C=O) groups excluding carboxylic acids is 1. The average molecular weight is 276 g/mol. The molecule has 1 aromatic carbocycles. The van der Waals surface area contributed by atoms with E-state index in [9.17, 15) is 9.90 Å². The van der Waals surface area contributed by atoms with E-state index in [1.54, 1.807) is 6.92 Å². The highest BCUT2D eigenvalue weighted by molar-refractivity contribution is 5.76. The second-order valence-corrected chi connectivity index (χ2v) is 5.59. The quantitative estimate of drug-likeness (QED) is 0.912. The van der Waals surface area contributed by atoms with Crippen molar-refractivity contribution in [3.05, 3.63) is 29.8 Å². The van der Waals surface area contributed by atoms with Gasteiger partial charge < -0.3 is 14.9 Å². The van der Waals surface area contributed by atoms with Crippen molar-refractivity contribution in [1.29, 1.82) is 0 Å². The number of carbonyl (C=O) groups is 1. The number of benzene rings is 1. The van der Waals surface area contributed by atoms with Gasteiger partial charge in [0.05, 0.1) is 6.10 Å². The summed E-state index contributed by atoms with van der Waals surface area (Å²) in [7, 11) is 0. The van der Waals surface area contributed by atoms with E-state index in [2.05, 4.69) is 36.1 Å². The maximum Gasteiger partial charge on any atom is 0.222 e. The molecule has 1 unspecified atom stereocenters. The second-order valence-electron chi connectivity index (χ2n) is 5.59. The van der Waals surface area contributed by atoms with E-state index in [-0.39, 0.29) is 5.91 Å². The van der Waals surface area contributed by atoms with Crippen LogP contribution in [0.25, 0.3) is 0 Å². The van der Waals surface area contributed by atoms with Crippen LogP contribution < -0.4 is 4.90 Å². The molecule has 0 bridgehead atoms. The summed E-state index contributed by atoms with van der Waals surface area (Å²) >= 11 is 0. The molecule has 1 N–H and O–H groups in total. The number of rotatable bonds is 4. The number of hydrogen-bond acceptors (Lipinski definition) is 3. The van der Waals surface area contributed by atoms with Crippen molar-refractivity contribution in [2.75, 3.05) is 31.1 Å². The highest BCUT2D eigenvalue weighted by Gasteiger charge is 2.21. The van der Waals surface area contributed by atoms with Gasteiger partial charge in [-0.2, -0.15) is 0 Å². The molecule has 1 saturated heterocycles. The molecule has 110 valence electrons. The van der Waals surface area contributed by atoms with E-state index in [1.807, 2.05) is 4.90 Å². The van der Waals surface area contributed by atoms with Crippen molar-refractivity contribution in [3.63, 3.8) is 0 Å². The minimum atomic E-state index is -0.396. The fourth-order valence-corrected chi connectivity index (χ4v) is 2.53. The largest absolute Gasteiger partial charge is 0.393 e. The molecule has 4 heteroatoms. The number of aliphatic hydroxyl groups is 1. The Kier molecular flexibility index (Phi) is 5.01. The van der Waals surface area contributed by atoms with Gasteiger partial charge in [-0.1, -0.05) is 12.1 Å². The van der Waals surface area contributed by atoms with Gasteiger partial charge >= 0.3 is 0 Å². The van der Waals surface area contributed by atoms with Gasteiger partial charge in [0.25, 0.3) is 0 Å². The van der Waals surface area contributed by atoms with Crippen molar-refractivity contribution in [2.24, 2.45) is 0 Å². The van der Waals surface area contributed by atoms with E-state index in [4.69, 9.17) is 0 Å². The van der Waals surface area contributed by atoms with E-state index in [0.717, 1.165) is 26.2 Å². The van der Waals surface area contributed by atoms with Gasteiger partial charge in [0.1, 0.15) is 0 Å². The number of aliphatic hydroxyl groups excluding tert-OH is 1. The molecule has 4 nitrogen and oxygen atoms in total. The van der Waals surface area contributed by atoms with Gasteiger partial charge in [-0.15, -0.1) is 0 Å². The first-order valence-electron chi connectivity index (χ1n) is 7.33. The number of aryl methyl sites for hydroxylation is 1. The van der Waals surface area contributed by atoms with Crippen molar-refractivity contribution in [2.45, 2.75) is 32.8 Å². The Balaban J connectivity index is 1.84. The van der Waals surface area contributed by atoms with Crippen molar-refractivity contribution < 1.29 is 9.90 Å². The summed E-state index contributed by atoms with van der Waals surface area (Å²) in [5.41, 5.74) is 2.50. The van der Waals surface area contributed by atoms with Gasteiger partial charge in [0, 0.05) is 38.3 Å². The molecule has 1 aromatic rings. The second kappa shape index (κ2) is 6.75. The van der Waals surface area contributed by atoms with Crippen molar-refractivity contribution >= 4 is 11.6 Å². The van der Waals surface area contributed by atoms with Gasteiger partial charge in [-0.3, -0.25) is 4.79 Å². The van der Waals surface area contributed by atoms with Crippen LogP contribution in [0.4, 0.5) is 5.69 Å². The maximum absolute atomic E-state index is 12.0. The normalized spacial score (nSPS) is 17.1. The molecule has 20 heavy (non-hydrogen) atoms. The van der Waals surface area contributed by atoms with Crippen LogP contribution in [-0.4, -0.2) is 48.2 Å². The molecule has 1 heterocycles. The lowest BCUT2D eigenvalue weighted by molar-refractivity contribution is -0.132. The Bertz CT molecular complexity index is 452. The van der Waals surface area contributed by atoms with Crippen molar-refractivity contribution in [1.82, 2.24) is 4.90 Å². The van der Waals surface area contributed by atoms with E-state index in [0.29, 0.717) is 12.8 Å². The number of nitrogens with zero attached hydrogens (tertiary/aromatic N) is 2. The molecule has 0 saturated carbocycles. The molecular weight excluding hydrogens is 252 g/mol. The molecule has 0 aromatic heterocycles. The smallest absolute Gasteiger partial charge is 0.222 e. The first-order valence-corrected chi connectivity index (χ1v) is 7.33. The molecule has 2 rings (SSSR count). The summed E-state index contributed by atoms with van der Waals surface area (Å²) in [5, 5.41) is 9.24. The summed E-state index contributed by atoms with van der Waals surface area (Å²) in [6.07, 6.45) is 0.603. The Morgan fingerprint density at radius 2 is 2.00 bits per heavy atom. The summed E-state index contributed by atoms with van der Waals surface area (Å²) < 4.78 is 0. The Hall–Kier alpha value is -1.55. The van der Waals surface area contributed by atoms with Crippen LogP contribution in [0.15, 0.2) is 24.3 Å². The minimum Gasteiger partial charge on any atom is -0.393 e. The molecule has 1 amide bonds. The summed E-state index contributed by atoms with van der Waals surface area (Å²) in [5.74, 6) is 0.162. The van der Waals surface area contributed by atoms with Crippen LogP contribution in [0, 0.1) is 6.92 Å². The third-order valence-electron chi connectivity index (χ3n) is 3.78. The monoisotopic (exact) mass is 276 g/mol. The maximum atomic E-state index is 12.0. The summed E-state index contributed by atoms with van der Waals surface area (Å²) in [6, 6.07) is 8.48. The van der Waals surface area contributed by atoms with Crippen molar-refractivity contribution in [3.8, 4) is 0 Å². The zero-order valence-corrected chi connectivity index (χ0v) is 12.4. The zero-order chi connectivity index (χ0) is 14.5.